The summed E-state index contributed by atoms with van der Waals surface area (Å²) in [5, 5.41) is 2.81. The third-order valence-corrected chi connectivity index (χ3v) is 4.75. The lowest BCUT2D eigenvalue weighted by atomic mass is 10.2. The smallest absolute Gasteiger partial charge is 0.310 e. The summed E-state index contributed by atoms with van der Waals surface area (Å²) < 4.78 is 6.03. The van der Waals surface area contributed by atoms with E-state index in [0.717, 1.165) is 15.6 Å². The number of rotatable bonds is 9. The van der Waals surface area contributed by atoms with E-state index in [1.807, 2.05) is 62.4 Å². The number of nitrogens with one attached hydrogen (secondary N) is 1. The number of aryl methyl sites for hydroxylation is 1. The molecule has 2 aromatic carbocycles. The van der Waals surface area contributed by atoms with Crippen molar-refractivity contribution in [3.05, 3.63) is 64.1 Å². The Labute approximate surface area is 179 Å². The van der Waals surface area contributed by atoms with Gasteiger partial charge in [-0.15, -0.1) is 0 Å². The van der Waals surface area contributed by atoms with Crippen molar-refractivity contribution in [1.82, 2.24) is 4.90 Å². The Morgan fingerprint density at radius 1 is 1.07 bits per heavy atom. The summed E-state index contributed by atoms with van der Waals surface area (Å²) in [5.41, 5.74) is 2.45. The summed E-state index contributed by atoms with van der Waals surface area (Å²) in [4.78, 5) is 38.2. The maximum Gasteiger partial charge on any atom is 0.310 e. The Kier molecular flexibility index (Phi) is 8.86. The average molecular weight is 461 g/mol. The minimum Gasteiger partial charge on any atom is -0.455 e. The summed E-state index contributed by atoms with van der Waals surface area (Å²) in [6, 6.07) is 14.7. The maximum atomic E-state index is 12.5. The van der Waals surface area contributed by atoms with Crippen molar-refractivity contribution in [3.8, 4) is 0 Å². The van der Waals surface area contributed by atoms with Crippen LogP contribution >= 0.6 is 15.9 Å². The molecule has 2 amide bonds. The van der Waals surface area contributed by atoms with E-state index in [0.29, 0.717) is 18.7 Å². The van der Waals surface area contributed by atoms with Crippen molar-refractivity contribution < 1.29 is 19.1 Å². The van der Waals surface area contributed by atoms with E-state index in [4.69, 9.17) is 4.74 Å². The number of amides is 2. The van der Waals surface area contributed by atoms with Crippen LogP contribution in [0.15, 0.2) is 53.0 Å². The summed E-state index contributed by atoms with van der Waals surface area (Å²) in [7, 11) is 0. The highest BCUT2D eigenvalue weighted by atomic mass is 79.9. The van der Waals surface area contributed by atoms with Crippen LogP contribution in [0.1, 0.15) is 24.5 Å². The van der Waals surface area contributed by atoms with Crippen molar-refractivity contribution in [2.24, 2.45) is 0 Å². The van der Waals surface area contributed by atoms with Gasteiger partial charge in [0.25, 0.3) is 5.91 Å². The van der Waals surface area contributed by atoms with Crippen LogP contribution in [0.25, 0.3) is 0 Å². The quantitative estimate of drug-likeness (QED) is 0.578. The van der Waals surface area contributed by atoms with Gasteiger partial charge < -0.3 is 15.0 Å². The molecule has 0 fully saturated rings. The number of carbonyl (C=O) groups is 3. The molecule has 154 valence electrons. The van der Waals surface area contributed by atoms with Gasteiger partial charge in [0.2, 0.25) is 5.91 Å². The number of carbonyl (C=O) groups excluding carboxylic acids is 3. The molecule has 0 aromatic heterocycles. The first-order chi connectivity index (χ1) is 13.9. The molecule has 2 rings (SSSR count). The number of hydrogen-bond donors (Lipinski definition) is 1. The molecule has 0 heterocycles. The van der Waals surface area contributed by atoms with Gasteiger partial charge in [-0.1, -0.05) is 53.2 Å². The highest BCUT2D eigenvalue weighted by molar-refractivity contribution is 9.10. The molecule has 7 heteroatoms. The second kappa shape index (κ2) is 11.4. The topological polar surface area (TPSA) is 75.7 Å². The van der Waals surface area contributed by atoms with Gasteiger partial charge in [-0.2, -0.15) is 0 Å². The fourth-order valence-corrected chi connectivity index (χ4v) is 2.96. The van der Waals surface area contributed by atoms with Crippen molar-refractivity contribution >= 4 is 39.4 Å². The fraction of sp³-hybridized carbons (Fsp3) is 0.318. The zero-order chi connectivity index (χ0) is 21.2. The molecule has 0 saturated carbocycles. The molecular weight excluding hydrogens is 436 g/mol. The number of anilines is 1. The molecule has 1 N–H and O–H groups in total. The van der Waals surface area contributed by atoms with Crippen LogP contribution < -0.4 is 5.32 Å². The lowest BCUT2D eigenvalue weighted by Gasteiger charge is -2.21. The second-order valence-corrected chi connectivity index (χ2v) is 7.56. The summed E-state index contributed by atoms with van der Waals surface area (Å²) >= 11 is 3.34. The van der Waals surface area contributed by atoms with Gasteiger partial charge >= 0.3 is 5.97 Å². The summed E-state index contributed by atoms with van der Waals surface area (Å²) in [6.45, 7) is 3.75. The molecule has 0 bridgehead atoms. The molecule has 6 nitrogen and oxygen atoms in total. The third-order valence-electron chi connectivity index (χ3n) is 4.22. The second-order valence-electron chi connectivity index (χ2n) is 6.64. The van der Waals surface area contributed by atoms with Crippen molar-refractivity contribution in [3.63, 3.8) is 0 Å². The van der Waals surface area contributed by atoms with E-state index in [-0.39, 0.29) is 25.5 Å². The van der Waals surface area contributed by atoms with Gasteiger partial charge in [0.05, 0.1) is 13.0 Å². The number of esters is 1. The van der Waals surface area contributed by atoms with Crippen LogP contribution in [0.2, 0.25) is 0 Å². The highest BCUT2D eigenvalue weighted by Gasteiger charge is 2.18. The van der Waals surface area contributed by atoms with E-state index in [1.54, 1.807) is 0 Å². The van der Waals surface area contributed by atoms with Gasteiger partial charge in [0.1, 0.15) is 0 Å². The number of hydrogen-bond acceptors (Lipinski definition) is 4. The monoisotopic (exact) mass is 460 g/mol. The van der Waals surface area contributed by atoms with Crippen LogP contribution in [0.4, 0.5) is 5.69 Å². The Hall–Kier alpha value is -2.67. The lowest BCUT2D eigenvalue weighted by Crippen LogP contribution is -2.41. The molecular formula is C22H25BrN2O4. The van der Waals surface area contributed by atoms with E-state index >= 15 is 0 Å². The van der Waals surface area contributed by atoms with E-state index in [1.165, 1.54) is 4.90 Å². The van der Waals surface area contributed by atoms with Crippen LogP contribution in [-0.4, -0.2) is 42.4 Å². The van der Waals surface area contributed by atoms with Crippen molar-refractivity contribution in [2.75, 3.05) is 25.0 Å². The largest absolute Gasteiger partial charge is 0.455 e. The van der Waals surface area contributed by atoms with E-state index in [2.05, 4.69) is 21.2 Å². The summed E-state index contributed by atoms with van der Waals surface area (Å²) in [5.74, 6) is -1.17. The SMILES string of the molecule is CCCN(CC(=O)Nc1ccccc1C)C(=O)COC(=O)Cc1ccc(Br)cc1. The molecule has 2 aromatic rings. The molecule has 0 radical (unpaired) electrons. The first-order valence-corrected chi connectivity index (χ1v) is 10.2. The normalized spacial score (nSPS) is 10.3. The van der Waals surface area contributed by atoms with Crippen LogP contribution in [-0.2, 0) is 25.5 Å². The number of ether oxygens (including phenoxy) is 1. The highest BCUT2D eigenvalue weighted by Crippen LogP contribution is 2.13. The Balaban J connectivity index is 1.86. The zero-order valence-electron chi connectivity index (χ0n) is 16.6. The molecule has 0 saturated heterocycles. The van der Waals surface area contributed by atoms with Crippen LogP contribution in [0.5, 0.6) is 0 Å². The van der Waals surface area contributed by atoms with E-state index in [9.17, 15) is 14.4 Å². The van der Waals surface area contributed by atoms with Gasteiger partial charge in [0, 0.05) is 16.7 Å². The first kappa shape index (κ1) is 22.6. The summed E-state index contributed by atoms with van der Waals surface area (Å²) in [6.07, 6.45) is 0.776. The lowest BCUT2D eigenvalue weighted by molar-refractivity contribution is -0.151. The number of nitrogens with zero attached hydrogens (tertiary/aromatic N) is 1. The van der Waals surface area contributed by atoms with Crippen molar-refractivity contribution in [1.29, 1.82) is 0 Å². The minimum atomic E-state index is -0.485. The fourth-order valence-electron chi connectivity index (χ4n) is 2.69. The molecule has 0 aliphatic carbocycles. The molecule has 29 heavy (non-hydrogen) atoms. The maximum absolute atomic E-state index is 12.5. The number of benzene rings is 2. The Bertz CT molecular complexity index is 852. The molecule has 0 aliphatic heterocycles. The number of para-hydroxylation sites is 1. The molecule has 0 aliphatic rings. The predicted molar refractivity (Wildman–Crippen MR) is 115 cm³/mol. The average Bonchev–Trinajstić information content (AvgIpc) is 2.69. The predicted octanol–water partition coefficient (Wildman–Crippen LogP) is 3.72. The first-order valence-electron chi connectivity index (χ1n) is 9.42. The minimum absolute atomic E-state index is 0.0854. The Morgan fingerprint density at radius 3 is 2.41 bits per heavy atom. The molecule has 0 atom stereocenters. The van der Waals surface area contributed by atoms with Crippen molar-refractivity contribution in [2.45, 2.75) is 26.7 Å². The van der Waals surface area contributed by atoms with Gasteiger partial charge in [-0.05, 0) is 42.7 Å². The third kappa shape index (κ3) is 7.69. The van der Waals surface area contributed by atoms with E-state index < -0.39 is 11.9 Å². The van der Waals surface area contributed by atoms with Crippen LogP contribution in [0.3, 0.4) is 0 Å². The molecule has 0 spiro atoms. The van der Waals surface area contributed by atoms with Gasteiger partial charge in [-0.3, -0.25) is 14.4 Å². The van der Waals surface area contributed by atoms with Gasteiger partial charge in [0.15, 0.2) is 6.61 Å². The number of halogens is 1. The standard InChI is InChI=1S/C22H25BrN2O4/c1-3-12-25(14-20(26)24-19-7-5-4-6-16(19)2)21(27)15-29-22(28)13-17-8-10-18(23)11-9-17/h4-11H,3,12-15H2,1-2H3,(H,24,26). The zero-order valence-corrected chi connectivity index (χ0v) is 18.2. The van der Waals surface area contributed by atoms with Gasteiger partial charge in [-0.25, -0.2) is 0 Å². The van der Waals surface area contributed by atoms with Crippen LogP contribution in [0, 0.1) is 6.92 Å². The Morgan fingerprint density at radius 2 is 1.76 bits per heavy atom. The molecule has 0 unspecified atom stereocenters.